The van der Waals surface area contributed by atoms with Gasteiger partial charge in [0.2, 0.25) is 0 Å². The molecular weight excluding hydrogens is 210 g/mol. The average Bonchev–Trinajstić information content (AvgIpc) is 2.32. The van der Waals surface area contributed by atoms with E-state index in [2.05, 4.69) is 26.2 Å². The van der Waals surface area contributed by atoms with Crippen molar-refractivity contribution in [2.75, 3.05) is 7.05 Å². The predicted molar refractivity (Wildman–Crippen MR) is 72.2 cm³/mol. The number of hydrogen-bond acceptors (Lipinski definition) is 2. The van der Waals surface area contributed by atoms with Crippen molar-refractivity contribution < 1.29 is 4.74 Å². The van der Waals surface area contributed by atoms with E-state index in [-0.39, 0.29) is 0 Å². The Balaban J connectivity index is 1.80. The Morgan fingerprint density at radius 2 is 1.65 bits per heavy atom. The van der Waals surface area contributed by atoms with Crippen LogP contribution in [0.5, 0.6) is 0 Å². The smallest absolute Gasteiger partial charge is 0.0731 e. The first-order valence-corrected chi connectivity index (χ1v) is 7.43. The largest absolute Gasteiger partial charge is 0.373 e. The second-order valence-electron chi connectivity index (χ2n) is 6.72. The summed E-state index contributed by atoms with van der Waals surface area (Å²) in [5.74, 6) is 0. The zero-order valence-electron chi connectivity index (χ0n) is 11.8. The van der Waals surface area contributed by atoms with Crippen LogP contribution in [0.1, 0.15) is 65.2 Å². The van der Waals surface area contributed by atoms with Gasteiger partial charge >= 0.3 is 0 Å². The fourth-order valence-corrected chi connectivity index (χ4v) is 3.35. The summed E-state index contributed by atoms with van der Waals surface area (Å²) in [6.07, 6.45) is 11.4. The number of nitrogens with one attached hydrogen (secondary N) is 1. The number of rotatable bonds is 3. The SMILES string of the molecule is CNC1CCCCC1OC1CCC(C)(C)CC1. The van der Waals surface area contributed by atoms with Crippen LogP contribution in [-0.2, 0) is 4.74 Å². The predicted octanol–water partition coefficient (Wildman–Crippen LogP) is 3.50. The molecule has 0 radical (unpaired) electrons. The standard InChI is InChI=1S/C15H29NO/c1-15(2)10-8-12(9-11-15)17-14-7-5-4-6-13(14)16-3/h12-14,16H,4-11H2,1-3H3. The van der Waals surface area contributed by atoms with Gasteiger partial charge in [-0.3, -0.25) is 0 Å². The van der Waals surface area contributed by atoms with Gasteiger partial charge in [0.15, 0.2) is 0 Å². The Bertz CT molecular complexity index is 229. The molecule has 100 valence electrons. The van der Waals surface area contributed by atoms with Crippen molar-refractivity contribution in [3.8, 4) is 0 Å². The molecule has 2 heteroatoms. The van der Waals surface area contributed by atoms with Crippen LogP contribution in [0, 0.1) is 5.41 Å². The minimum Gasteiger partial charge on any atom is -0.373 e. The lowest BCUT2D eigenvalue weighted by Gasteiger charge is -2.39. The van der Waals surface area contributed by atoms with Gasteiger partial charge in [-0.05, 0) is 51.0 Å². The molecule has 0 heterocycles. The van der Waals surface area contributed by atoms with Crippen molar-refractivity contribution >= 4 is 0 Å². The van der Waals surface area contributed by atoms with E-state index in [1.54, 1.807) is 0 Å². The van der Waals surface area contributed by atoms with Gasteiger partial charge in [0, 0.05) is 6.04 Å². The average molecular weight is 239 g/mol. The molecule has 0 amide bonds. The summed E-state index contributed by atoms with van der Waals surface area (Å²) in [5, 5.41) is 3.43. The Morgan fingerprint density at radius 3 is 2.29 bits per heavy atom. The second kappa shape index (κ2) is 5.71. The van der Waals surface area contributed by atoms with Gasteiger partial charge < -0.3 is 10.1 Å². The quantitative estimate of drug-likeness (QED) is 0.814. The first-order chi connectivity index (χ1) is 8.11. The van der Waals surface area contributed by atoms with Crippen LogP contribution in [-0.4, -0.2) is 25.3 Å². The molecule has 1 N–H and O–H groups in total. The maximum atomic E-state index is 6.37. The summed E-state index contributed by atoms with van der Waals surface area (Å²) in [6, 6.07) is 0.596. The van der Waals surface area contributed by atoms with Crippen LogP contribution < -0.4 is 5.32 Å². The molecule has 0 aromatic heterocycles. The molecule has 0 bridgehead atoms. The zero-order chi connectivity index (χ0) is 12.3. The van der Waals surface area contributed by atoms with Crippen molar-refractivity contribution in [2.45, 2.75) is 83.5 Å². The second-order valence-corrected chi connectivity index (χ2v) is 6.72. The zero-order valence-corrected chi connectivity index (χ0v) is 11.8. The van der Waals surface area contributed by atoms with E-state index in [1.165, 1.54) is 51.4 Å². The van der Waals surface area contributed by atoms with Gasteiger partial charge in [-0.2, -0.15) is 0 Å². The maximum Gasteiger partial charge on any atom is 0.0731 e. The highest BCUT2D eigenvalue weighted by molar-refractivity contribution is 4.84. The third kappa shape index (κ3) is 3.69. The van der Waals surface area contributed by atoms with E-state index in [4.69, 9.17) is 4.74 Å². The van der Waals surface area contributed by atoms with Crippen LogP contribution >= 0.6 is 0 Å². The van der Waals surface area contributed by atoms with Gasteiger partial charge in [0.25, 0.3) is 0 Å². The molecule has 2 aliphatic rings. The van der Waals surface area contributed by atoms with E-state index < -0.39 is 0 Å². The van der Waals surface area contributed by atoms with E-state index in [0.29, 0.717) is 23.7 Å². The van der Waals surface area contributed by atoms with Gasteiger partial charge in [-0.15, -0.1) is 0 Å². The Kier molecular flexibility index (Phi) is 4.48. The molecule has 0 aliphatic heterocycles. The summed E-state index contributed by atoms with van der Waals surface area (Å²) in [7, 11) is 2.08. The minimum absolute atomic E-state index is 0.472. The van der Waals surface area contributed by atoms with Crippen molar-refractivity contribution in [3.63, 3.8) is 0 Å². The summed E-state index contributed by atoms with van der Waals surface area (Å²) in [5.41, 5.74) is 0.550. The molecule has 17 heavy (non-hydrogen) atoms. The van der Waals surface area contributed by atoms with Gasteiger partial charge in [0.1, 0.15) is 0 Å². The molecular formula is C15H29NO. The molecule has 2 aliphatic carbocycles. The molecule has 2 nitrogen and oxygen atoms in total. The highest BCUT2D eigenvalue weighted by Crippen LogP contribution is 2.37. The van der Waals surface area contributed by atoms with Crippen molar-refractivity contribution in [3.05, 3.63) is 0 Å². The monoisotopic (exact) mass is 239 g/mol. The first kappa shape index (κ1) is 13.4. The van der Waals surface area contributed by atoms with E-state index >= 15 is 0 Å². The van der Waals surface area contributed by atoms with Crippen molar-refractivity contribution in [1.82, 2.24) is 5.32 Å². The van der Waals surface area contributed by atoms with Crippen LogP contribution in [0.15, 0.2) is 0 Å². The van der Waals surface area contributed by atoms with Crippen LogP contribution in [0.3, 0.4) is 0 Å². The molecule has 2 rings (SSSR count). The van der Waals surface area contributed by atoms with Gasteiger partial charge in [-0.1, -0.05) is 26.7 Å². The van der Waals surface area contributed by atoms with E-state index in [9.17, 15) is 0 Å². The highest BCUT2D eigenvalue weighted by atomic mass is 16.5. The summed E-state index contributed by atoms with van der Waals surface area (Å²) in [4.78, 5) is 0. The molecule has 2 fully saturated rings. The van der Waals surface area contributed by atoms with Gasteiger partial charge in [-0.25, -0.2) is 0 Å². The Morgan fingerprint density at radius 1 is 1.00 bits per heavy atom. The molecule has 2 atom stereocenters. The van der Waals surface area contributed by atoms with Crippen LogP contribution in [0.2, 0.25) is 0 Å². The number of likely N-dealkylation sites (N-methyl/N-ethyl adjacent to an activating group) is 1. The molecule has 0 spiro atoms. The van der Waals surface area contributed by atoms with Crippen molar-refractivity contribution in [1.29, 1.82) is 0 Å². The lowest BCUT2D eigenvalue weighted by molar-refractivity contribution is -0.0706. The fourth-order valence-electron chi connectivity index (χ4n) is 3.35. The lowest BCUT2D eigenvalue weighted by Crippen LogP contribution is -2.44. The first-order valence-electron chi connectivity index (χ1n) is 7.43. The molecule has 2 unspecified atom stereocenters. The van der Waals surface area contributed by atoms with E-state index in [1.807, 2.05) is 0 Å². The fraction of sp³-hybridized carbons (Fsp3) is 1.00. The highest BCUT2D eigenvalue weighted by Gasteiger charge is 2.31. The lowest BCUT2D eigenvalue weighted by atomic mass is 9.76. The molecule has 2 saturated carbocycles. The minimum atomic E-state index is 0.472. The Hall–Kier alpha value is -0.0800. The Labute approximate surface area is 107 Å². The maximum absolute atomic E-state index is 6.37. The molecule has 0 aromatic carbocycles. The van der Waals surface area contributed by atoms with Gasteiger partial charge in [0.05, 0.1) is 12.2 Å². The number of ether oxygens (including phenoxy) is 1. The summed E-state index contributed by atoms with van der Waals surface area (Å²) >= 11 is 0. The molecule has 0 aromatic rings. The van der Waals surface area contributed by atoms with Crippen LogP contribution in [0.4, 0.5) is 0 Å². The van der Waals surface area contributed by atoms with Crippen molar-refractivity contribution in [2.24, 2.45) is 5.41 Å². The third-order valence-electron chi connectivity index (χ3n) is 4.73. The van der Waals surface area contributed by atoms with E-state index in [0.717, 1.165) is 0 Å². The topological polar surface area (TPSA) is 21.3 Å². The number of hydrogen-bond donors (Lipinski definition) is 1. The summed E-state index contributed by atoms with van der Waals surface area (Å²) < 4.78 is 6.37. The third-order valence-corrected chi connectivity index (χ3v) is 4.73. The van der Waals surface area contributed by atoms with Crippen LogP contribution in [0.25, 0.3) is 0 Å². The molecule has 0 saturated heterocycles. The summed E-state index contributed by atoms with van der Waals surface area (Å²) in [6.45, 7) is 4.78. The normalized spacial score (nSPS) is 34.8.